The third kappa shape index (κ3) is 3.34. The maximum Gasteiger partial charge on any atom is 0.158 e. The standard InChI is InChI=1S/C4H8O4S/c5-2-1-4(3-6)9(7)8/h2,4,6H,1,3H2,(H,7,8). The van der Waals surface area contributed by atoms with Crippen LogP contribution in [0.25, 0.3) is 0 Å². The number of carbonyl (C=O) groups excluding carboxylic acids is 1. The lowest BCUT2D eigenvalue weighted by atomic mass is 10.3. The number of aldehydes is 1. The summed E-state index contributed by atoms with van der Waals surface area (Å²) in [5, 5.41) is 7.50. The molecule has 5 heteroatoms. The average molecular weight is 152 g/mol. The van der Waals surface area contributed by atoms with Crippen LogP contribution < -0.4 is 0 Å². The fraction of sp³-hybridized carbons (Fsp3) is 0.750. The minimum atomic E-state index is -2.08. The lowest BCUT2D eigenvalue weighted by molar-refractivity contribution is -0.108. The third-order valence-corrected chi connectivity index (χ3v) is 1.76. The molecule has 0 aromatic rings. The minimum Gasteiger partial charge on any atom is -0.395 e. The van der Waals surface area contributed by atoms with Crippen molar-refractivity contribution in [2.45, 2.75) is 11.7 Å². The molecule has 0 saturated carbocycles. The van der Waals surface area contributed by atoms with Gasteiger partial charge in [0.05, 0.1) is 11.9 Å². The van der Waals surface area contributed by atoms with Gasteiger partial charge in [0.1, 0.15) is 6.29 Å². The Morgan fingerprint density at radius 2 is 2.22 bits per heavy atom. The van der Waals surface area contributed by atoms with E-state index in [-0.39, 0.29) is 6.42 Å². The van der Waals surface area contributed by atoms with Gasteiger partial charge in [0, 0.05) is 6.42 Å². The number of aliphatic hydroxyl groups is 1. The van der Waals surface area contributed by atoms with Gasteiger partial charge in [-0.25, -0.2) is 4.21 Å². The molecule has 0 spiro atoms. The van der Waals surface area contributed by atoms with E-state index < -0.39 is 22.9 Å². The Hall–Kier alpha value is -0.260. The Kier molecular flexibility index (Phi) is 4.47. The molecule has 0 amide bonds. The summed E-state index contributed by atoms with van der Waals surface area (Å²) < 4.78 is 18.4. The Balaban J connectivity index is 3.67. The van der Waals surface area contributed by atoms with Crippen molar-refractivity contribution in [3.8, 4) is 0 Å². The molecule has 0 aliphatic rings. The second-order valence-corrected chi connectivity index (χ2v) is 2.70. The first kappa shape index (κ1) is 8.74. The van der Waals surface area contributed by atoms with Crippen LogP contribution in [-0.4, -0.2) is 32.0 Å². The van der Waals surface area contributed by atoms with Gasteiger partial charge in [-0.05, 0) is 0 Å². The number of carbonyl (C=O) groups is 1. The van der Waals surface area contributed by atoms with Crippen LogP contribution in [0, 0.1) is 0 Å². The average Bonchev–Trinajstić information content (AvgIpc) is 1.82. The smallest absolute Gasteiger partial charge is 0.158 e. The Bertz CT molecular complexity index is 113. The van der Waals surface area contributed by atoms with Crippen LogP contribution in [0.15, 0.2) is 0 Å². The number of aliphatic hydroxyl groups excluding tert-OH is 1. The lowest BCUT2D eigenvalue weighted by Crippen LogP contribution is -2.19. The Labute approximate surface area is 55.2 Å². The van der Waals surface area contributed by atoms with E-state index in [2.05, 4.69) is 0 Å². The zero-order valence-electron chi connectivity index (χ0n) is 4.69. The number of rotatable bonds is 4. The maximum absolute atomic E-state index is 10.1. The normalized spacial score (nSPS) is 16.7. The first-order valence-corrected chi connectivity index (χ1v) is 3.53. The molecule has 0 aliphatic heterocycles. The molecule has 2 N–H and O–H groups in total. The number of hydrogen-bond donors (Lipinski definition) is 2. The monoisotopic (exact) mass is 152 g/mol. The molecule has 4 nitrogen and oxygen atoms in total. The lowest BCUT2D eigenvalue weighted by Gasteiger charge is -2.02. The first-order chi connectivity index (χ1) is 4.22. The molecule has 0 aromatic heterocycles. The van der Waals surface area contributed by atoms with Gasteiger partial charge >= 0.3 is 0 Å². The van der Waals surface area contributed by atoms with Crippen molar-refractivity contribution >= 4 is 17.4 Å². The highest BCUT2D eigenvalue weighted by Crippen LogP contribution is 1.95. The highest BCUT2D eigenvalue weighted by molar-refractivity contribution is 7.79. The molecule has 54 valence electrons. The Morgan fingerprint density at radius 1 is 1.67 bits per heavy atom. The molecule has 9 heavy (non-hydrogen) atoms. The molecule has 2 unspecified atom stereocenters. The van der Waals surface area contributed by atoms with Gasteiger partial charge in [0.2, 0.25) is 0 Å². The van der Waals surface area contributed by atoms with Gasteiger partial charge in [-0.15, -0.1) is 0 Å². The van der Waals surface area contributed by atoms with Crippen molar-refractivity contribution in [2.75, 3.05) is 6.61 Å². The van der Waals surface area contributed by atoms with Crippen LogP contribution in [0.5, 0.6) is 0 Å². The molecule has 0 aromatic carbocycles. The van der Waals surface area contributed by atoms with Crippen LogP contribution in [0.3, 0.4) is 0 Å². The van der Waals surface area contributed by atoms with E-state index in [9.17, 15) is 9.00 Å². The van der Waals surface area contributed by atoms with Gasteiger partial charge < -0.3 is 14.5 Å². The van der Waals surface area contributed by atoms with E-state index in [4.69, 9.17) is 9.66 Å². The largest absolute Gasteiger partial charge is 0.395 e. The topological polar surface area (TPSA) is 74.6 Å². The second-order valence-electron chi connectivity index (χ2n) is 1.48. The predicted molar refractivity (Wildman–Crippen MR) is 32.3 cm³/mol. The summed E-state index contributed by atoms with van der Waals surface area (Å²) in [7, 11) is 0. The van der Waals surface area contributed by atoms with E-state index in [0.717, 1.165) is 0 Å². The van der Waals surface area contributed by atoms with Crippen molar-refractivity contribution in [3.63, 3.8) is 0 Å². The van der Waals surface area contributed by atoms with Crippen LogP contribution in [0.1, 0.15) is 6.42 Å². The maximum atomic E-state index is 10.1. The van der Waals surface area contributed by atoms with Crippen molar-refractivity contribution in [2.24, 2.45) is 0 Å². The van der Waals surface area contributed by atoms with Crippen LogP contribution >= 0.6 is 0 Å². The summed E-state index contributed by atoms with van der Waals surface area (Å²) in [6, 6.07) is 0. The molecule has 0 heterocycles. The van der Waals surface area contributed by atoms with Crippen molar-refractivity contribution in [1.82, 2.24) is 0 Å². The predicted octanol–water partition coefficient (Wildman–Crippen LogP) is -0.842. The van der Waals surface area contributed by atoms with Gasteiger partial charge in [0.15, 0.2) is 11.1 Å². The first-order valence-electron chi connectivity index (χ1n) is 2.36. The molecule has 2 atom stereocenters. The second kappa shape index (κ2) is 4.60. The molecule has 0 bridgehead atoms. The highest BCUT2D eigenvalue weighted by Gasteiger charge is 2.11. The summed E-state index contributed by atoms with van der Waals surface area (Å²) in [6.07, 6.45) is 0.439. The van der Waals surface area contributed by atoms with Crippen LogP contribution in [0.2, 0.25) is 0 Å². The van der Waals surface area contributed by atoms with Crippen LogP contribution in [-0.2, 0) is 15.9 Å². The molecular formula is C4H8O4S. The SMILES string of the molecule is O=CCC(CO)S(=O)O. The van der Waals surface area contributed by atoms with Crippen LogP contribution in [0.4, 0.5) is 0 Å². The fourth-order valence-corrected chi connectivity index (χ4v) is 0.699. The minimum absolute atomic E-state index is 0.0698. The summed E-state index contributed by atoms with van der Waals surface area (Å²) in [6.45, 7) is -0.429. The summed E-state index contributed by atoms with van der Waals surface area (Å²) >= 11 is -2.08. The molecule has 0 radical (unpaired) electrons. The summed E-state index contributed by atoms with van der Waals surface area (Å²) in [5.74, 6) is 0. The molecular weight excluding hydrogens is 144 g/mol. The molecule has 0 rings (SSSR count). The highest BCUT2D eigenvalue weighted by atomic mass is 32.2. The zero-order valence-corrected chi connectivity index (χ0v) is 5.50. The quantitative estimate of drug-likeness (QED) is 0.407. The molecule has 0 saturated heterocycles. The number of hydrogen-bond acceptors (Lipinski definition) is 3. The van der Waals surface area contributed by atoms with Gasteiger partial charge in [-0.2, -0.15) is 0 Å². The Morgan fingerprint density at radius 3 is 2.33 bits per heavy atom. The van der Waals surface area contributed by atoms with Gasteiger partial charge in [0.25, 0.3) is 0 Å². The third-order valence-electron chi connectivity index (χ3n) is 0.848. The molecule has 0 aliphatic carbocycles. The van der Waals surface area contributed by atoms with E-state index in [1.807, 2.05) is 0 Å². The summed E-state index contributed by atoms with van der Waals surface area (Å²) in [5.41, 5.74) is 0. The van der Waals surface area contributed by atoms with E-state index in [0.29, 0.717) is 6.29 Å². The van der Waals surface area contributed by atoms with E-state index >= 15 is 0 Å². The molecule has 0 fully saturated rings. The van der Waals surface area contributed by atoms with E-state index in [1.54, 1.807) is 0 Å². The van der Waals surface area contributed by atoms with Gasteiger partial charge in [-0.3, -0.25) is 0 Å². The van der Waals surface area contributed by atoms with Crippen molar-refractivity contribution in [1.29, 1.82) is 0 Å². The zero-order chi connectivity index (χ0) is 7.28. The van der Waals surface area contributed by atoms with E-state index in [1.165, 1.54) is 0 Å². The summed E-state index contributed by atoms with van der Waals surface area (Å²) in [4.78, 5) is 9.72. The van der Waals surface area contributed by atoms with Gasteiger partial charge in [-0.1, -0.05) is 0 Å². The van der Waals surface area contributed by atoms with Crippen molar-refractivity contribution in [3.05, 3.63) is 0 Å². The fourth-order valence-electron chi connectivity index (χ4n) is 0.328. The van der Waals surface area contributed by atoms with Crippen molar-refractivity contribution < 1.29 is 18.7 Å².